The van der Waals surface area contributed by atoms with Crippen molar-refractivity contribution in [2.75, 3.05) is 6.61 Å². The molecule has 0 aromatic heterocycles. The number of halogens is 2. The van der Waals surface area contributed by atoms with Crippen molar-refractivity contribution in [2.45, 2.75) is 13.3 Å². The molecule has 1 rings (SSSR count). The first-order chi connectivity index (χ1) is 7.63. The van der Waals surface area contributed by atoms with Crippen LogP contribution in [0.15, 0.2) is 36.2 Å². The molecule has 0 spiro atoms. The second-order valence-electron chi connectivity index (χ2n) is 3.11. The van der Waals surface area contributed by atoms with Crippen LogP contribution < -0.4 is 0 Å². The Morgan fingerprint density at radius 1 is 1.50 bits per heavy atom. The topological polar surface area (TPSA) is 26.3 Å². The Morgan fingerprint density at radius 2 is 2.25 bits per heavy atom. The molecule has 4 heteroatoms. The van der Waals surface area contributed by atoms with E-state index in [1.54, 1.807) is 13.0 Å². The van der Waals surface area contributed by atoms with E-state index in [0.717, 1.165) is 6.08 Å². The third-order valence-electron chi connectivity index (χ3n) is 1.88. The van der Waals surface area contributed by atoms with Crippen LogP contribution in [0.2, 0.25) is 0 Å². The fourth-order valence-corrected chi connectivity index (χ4v) is 1.15. The molecule has 0 heterocycles. The summed E-state index contributed by atoms with van der Waals surface area (Å²) in [6, 6.07) is 5.77. The molecular formula is C12H12F2O2. The molecule has 0 atom stereocenters. The standard InChI is InChI=1S/C12H12F2O2/c1-2-16-12(15)11(14)7-6-9-4-3-5-10(13)8-9/h3-5,7-8H,2,6H2,1H3/b11-7+. The third kappa shape index (κ3) is 3.81. The van der Waals surface area contributed by atoms with Crippen molar-refractivity contribution < 1.29 is 18.3 Å². The van der Waals surface area contributed by atoms with Crippen LogP contribution in [0.3, 0.4) is 0 Å². The average Bonchev–Trinajstić information content (AvgIpc) is 2.26. The van der Waals surface area contributed by atoms with Crippen molar-refractivity contribution in [2.24, 2.45) is 0 Å². The van der Waals surface area contributed by atoms with Crippen molar-refractivity contribution in [3.63, 3.8) is 0 Å². The number of carbonyl (C=O) groups is 1. The highest BCUT2D eigenvalue weighted by Crippen LogP contribution is 2.08. The van der Waals surface area contributed by atoms with Gasteiger partial charge in [-0.2, -0.15) is 4.39 Å². The number of ether oxygens (including phenoxy) is 1. The molecule has 0 N–H and O–H groups in total. The highest BCUT2D eigenvalue weighted by molar-refractivity contribution is 5.85. The van der Waals surface area contributed by atoms with Crippen LogP contribution in [0.1, 0.15) is 12.5 Å². The van der Waals surface area contributed by atoms with E-state index < -0.39 is 11.8 Å². The smallest absolute Gasteiger partial charge is 0.366 e. The minimum absolute atomic E-state index is 0.125. The van der Waals surface area contributed by atoms with Gasteiger partial charge >= 0.3 is 5.97 Å². The zero-order valence-electron chi connectivity index (χ0n) is 8.87. The van der Waals surface area contributed by atoms with Gasteiger partial charge in [-0.25, -0.2) is 9.18 Å². The van der Waals surface area contributed by atoms with Crippen molar-refractivity contribution >= 4 is 5.97 Å². The molecule has 0 aliphatic rings. The first-order valence-electron chi connectivity index (χ1n) is 4.90. The predicted octanol–water partition coefficient (Wildman–Crippen LogP) is 2.78. The van der Waals surface area contributed by atoms with Gasteiger partial charge < -0.3 is 4.74 Å². The fourth-order valence-electron chi connectivity index (χ4n) is 1.15. The third-order valence-corrected chi connectivity index (χ3v) is 1.88. The molecule has 16 heavy (non-hydrogen) atoms. The number of esters is 1. The van der Waals surface area contributed by atoms with E-state index >= 15 is 0 Å². The summed E-state index contributed by atoms with van der Waals surface area (Å²) in [7, 11) is 0. The number of hydrogen-bond donors (Lipinski definition) is 0. The van der Waals surface area contributed by atoms with E-state index in [9.17, 15) is 13.6 Å². The first kappa shape index (κ1) is 12.4. The summed E-state index contributed by atoms with van der Waals surface area (Å²) < 4.78 is 30.3. The maximum atomic E-state index is 13.1. The van der Waals surface area contributed by atoms with Crippen LogP contribution in [0.5, 0.6) is 0 Å². The molecule has 0 unspecified atom stereocenters. The van der Waals surface area contributed by atoms with Gasteiger partial charge in [0.1, 0.15) is 5.82 Å². The van der Waals surface area contributed by atoms with Gasteiger partial charge in [-0.1, -0.05) is 12.1 Å². The summed E-state index contributed by atoms with van der Waals surface area (Å²) >= 11 is 0. The second kappa shape index (κ2) is 6.00. The zero-order chi connectivity index (χ0) is 12.0. The Bertz CT molecular complexity index is 400. The van der Waals surface area contributed by atoms with Gasteiger partial charge in [0, 0.05) is 0 Å². The van der Waals surface area contributed by atoms with Crippen LogP contribution in [0.25, 0.3) is 0 Å². The summed E-state index contributed by atoms with van der Waals surface area (Å²) in [5.41, 5.74) is 0.597. The van der Waals surface area contributed by atoms with Gasteiger partial charge in [0.15, 0.2) is 0 Å². The lowest BCUT2D eigenvalue weighted by molar-refractivity contribution is -0.140. The van der Waals surface area contributed by atoms with Crippen LogP contribution in [0.4, 0.5) is 8.78 Å². The minimum atomic E-state index is -0.987. The number of hydrogen-bond acceptors (Lipinski definition) is 2. The summed E-state index contributed by atoms with van der Waals surface area (Å²) in [4.78, 5) is 10.9. The lowest BCUT2D eigenvalue weighted by Crippen LogP contribution is -2.04. The molecule has 0 amide bonds. The van der Waals surface area contributed by atoms with E-state index in [-0.39, 0.29) is 18.8 Å². The zero-order valence-corrected chi connectivity index (χ0v) is 8.87. The highest BCUT2D eigenvalue weighted by atomic mass is 19.1. The molecule has 0 bridgehead atoms. The molecule has 0 aliphatic heterocycles. The largest absolute Gasteiger partial charge is 0.461 e. The summed E-state index contributed by atoms with van der Waals surface area (Å²) in [6.07, 6.45) is 1.23. The van der Waals surface area contributed by atoms with E-state index in [1.807, 2.05) is 0 Å². The fraction of sp³-hybridized carbons (Fsp3) is 0.250. The number of allylic oxidation sites excluding steroid dienone is 1. The van der Waals surface area contributed by atoms with Gasteiger partial charge in [0.2, 0.25) is 5.83 Å². The van der Waals surface area contributed by atoms with Gasteiger partial charge in [0.25, 0.3) is 0 Å². The van der Waals surface area contributed by atoms with Gasteiger partial charge in [-0.15, -0.1) is 0 Å². The Kier molecular flexibility index (Phi) is 4.64. The monoisotopic (exact) mass is 226 g/mol. The maximum absolute atomic E-state index is 13.1. The predicted molar refractivity (Wildman–Crippen MR) is 55.9 cm³/mol. The van der Waals surface area contributed by atoms with Gasteiger partial charge in [0.05, 0.1) is 6.61 Å². The first-order valence-corrected chi connectivity index (χ1v) is 4.90. The van der Waals surface area contributed by atoms with Crippen LogP contribution in [-0.4, -0.2) is 12.6 Å². The lowest BCUT2D eigenvalue weighted by atomic mass is 10.1. The van der Waals surface area contributed by atoms with Crippen LogP contribution in [-0.2, 0) is 16.0 Å². The lowest BCUT2D eigenvalue weighted by Gasteiger charge is -1.99. The van der Waals surface area contributed by atoms with Crippen molar-refractivity contribution in [3.8, 4) is 0 Å². The Labute approximate surface area is 92.5 Å². The van der Waals surface area contributed by atoms with E-state index in [2.05, 4.69) is 4.74 Å². The highest BCUT2D eigenvalue weighted by Gasteiger charge is 2.08. The minimum Gasteiger partial charge on any atom is -0.461 e. The Morgan fingerprint density at radius 3 is 2.88 bits per heavy atom. The van der Waals surface area contributed by atoms with E-state index in [1.165, 1.54) is 18.2 Å². The Hall–Kier alpha value is -1.71. The molecule has 0 radical (unpaired) electrons. The normalized spacial score (nSPS) is 11.3. The van der Waals surface area contributed by atoms with Crippen LogP contribution in [0, 0.1) is 5.82 Å². The SMILES string of the molecule is CCOC(=O)/C(F)=C\Cc1cccc(F)c1. The van der Waals surface area contributed by atoms with E-state index in [0.29, 0.717) is 5.56 Å². The van der Waals surface area contributed by atoms with Gasteiger partial charge in [-0.05, 0) is 37.1 Å². The molecule has 1 aromatic rings. The molecule has 86 valence electrons. The summed E-state index contributed by atoms with van der Waals surface area (Å²) in [6.45, 7) is 1.72. The van der Waals surface area contributed by atoms with E-state index in [4.69, 9.17) is 0 Å². The average molecular weight is 226 g/mol. The van der Waals surface area contributed by atoms with Crippen molar-refractivity contribution in [1.29, 1.82) is 0 Å². The molecule has 0 aliphatic carbocycles. The molecule has 0 fully saturated rings. The quantitative estimate of drug-likeness (QED) is 0.583. The molecule has 1 aromatic carbocycles. The van der Waals surface area contributed by atoms with Gasteiger partial charge in [-0.3, -0.25) is 0 Å². The number of rotatable bonds is 4. The molecule has 0 saturated heterocycles. The summed E-state index contributed by atoms with van der Waals surface area (Å²) in [5.74, 6) is -2.33. The Balaban J connectivity index is 2.62. The van der Waals surface area contributed by atoms with Crippen molar-refractivity contribution in [3.05, 3.63) is 47.5 Å². The summed E-state index contributed by atoms with van der Waals surface area (Å²) in [5, 5.41) is 0. The maximum Gasteiger partial charge on any atom is 0.366 e. The number of benzene rings is 1. The second-order valence-corrected chi connectivity index (χ2v) is 3.11. The molecule has 2 nitrogen and oxygen atoms in total. The molecular weight excluding hydrogens is 214 g/mol. The van der Waals surface area contributed by atoms with Crippen LogP contribution >= 0.6 is 0 Å². The van der Waals surface area contributed by atoms with Crippen molar-refractivity contribution in [1.82, 2.24) is 0 Å². The molecule has 0 saturated carbocycles. The number of carbonyl (C=O) groups excluding carboxylic acids is 1.